The number of nitrogens with one attached hydrogen (secondary N) is 1. The summed E-state index contributed by atoms with van der Waals surface area (Å²) in [6, 6.07) is 12.0. The highest BCUT2D eigenvalue weighted by Gasteiger charge is 2.31. The zero-order chi connectivity index (χ0) is 13.4. The van der Waals surface area contributed by atoms with E-state index in [0.29, 0.717) is 6.04 Å². The maximum absolute atomic E-state index is 4.44. The van der Waals surface area contributed by atoms with Gasteiger partial charge in [-0.05, 0) is 56.5 Å². The maximum atomic E-state index is 4.44. The fourth-order valence-electron chi connectivity index (χ4n) is 3.80. The number of benzene rings is 1. The lowest BCUT2D eigenvalue weighted by atomic mass is 9.97. The number of hydrogen-bond donors (Lipinski definition) is 1. The van der Waals surface area contributed by atoms with Gasteiger partial charge in [0.1, 0.15) is 0 Å². The van der Waals surface area contributed by atoms with E-state index < -0.39 is 0 Å². The molecule has 0 spiro atoms. The zero-order valence-corrected chi connectivity index (χ0v) is 11.8. The smallest absolute Gasteiger partial charge is 0.0722 e. The van der Waals surface area contributed by atoms with Gasteiger partial charge in [-0.25, -0.2) is 0 Å². The summed E-state index contributed by atoms with van der Waals surface area (Å²) in [7, 11) is 0. The van der Waals surface area contributed by atoms with Gasteiger partial charge in [0.25, 0.3) is 0 Å². The van der Waals surface area contributed by atoms with Gasteiger partial charge < -0.3 is 10.2 Å². The first kappa shape index (κ1) is 12.2. The number of aromatic nitrogens is 1. The Labute approximate surface area is 120 Å². The summed E-state index contributed by atoms with van der Waals surface area (Å²) >= 11 is 0. The normalized spacial score (nSPS) is 26.6. The van der Waals surface area contributed by atoms with Crippen LogP contribution in [0, 0.1) is 0 Å². The molecule has 3 heterocycles. The van der Waals surface area contributed by atoms with E-state index in [0.717, 1.165) is 11.6 Å². The molecule has 1 N–H and O–H groups in total. The topological polar surface area (TPSA) is 28.2 Å². The van der Waals surface area contributed by atoms with E-state index in [2.05, 4.69) is 39.5 Å². The van der Waals surface area contributed by atoms with Crippen LogP contribution >= 0.6 is 0 Å². The predicted octanol–water partition coefficient (Wildman–Crippen LogP) is 3.27. The molecule has 3 nitrogen and oxygen atoms in total. The first-order valence-corrected chi connectivity index (χ1v) is 7.74. The van der Waals surface area contributed by atoms with Crippen molar-refractivity contribution in [2.75, 3.05) is 18.4 Å². The molecule has 2 saturated heterocycles. The van der Waals surface area contributed by atoms with Crippen LogP contribution in [0.15, 0.2) is 36.5 Å². The highest BCUT2D eigenvalue weighted by atomic mass is 15.2. The molecular weight excluding hydrogens is 246 g/mol. The monoisotopic (exact) mass is 267 g/mol. The molecule has 104 valence electrons. The van der Waals surface area contributed by atoms with Gasteiger partial charge in [0.05, 0.1) is 5.52 Å². The predicted molar refractivity (Wildman–Crippen MR) is 83.0 cm³/mol. The van der Waals surface area contributed by atoms with E-state index in [9.17, 15) is 0 Å². The molecule has 0 radical (unpaired) electrons. The Kier molecular flexibility index (Phi) is 3.07. The molecule has 1 aromatic carbocycles. The van der Waals surface area contributed by atoms with Gasteiger partial charge >= 0.3 is 0 Å². The molecular formula is C17H21N3. The van der Waals surface area contributed by atoms with Gasteiger partial charge in [0, 0.05) is 35.9 Å². The minimum absolute atomic E-state index is 0.611. The largest absolute Gasteiger partial charge is 0.382 e. The van der Waals surface area contributed by atoms with Gasteiger partial charge in [-0.15, -0.1) is 0 Å². The Hall–Kier alpha value is -1.61. The van der Waals surface area contributed by atoms with E-state index in [4.69, 9.17) is 0 Å². The minimum Gasteiger partial charge on any atom is -0.382 e. The van der Waals surface area contributed by atoms with E-state index >= 15 is 0 Å². The summed E-state index contributed by atoms with van der Waals surface area (Å²) in [6.45, 7) is 2.57. The second-order valence-corrected chi connectivity index (χ2v) is 6.07. The van der Waals surface area contributed by atoms with E-state index in [-0.39, 0.29) is 0 Å². The van der Waals surface area contributed by atoms with Crippen molar-refractivity contribution in [3.05, 3.63) is 36.5 Å². The molecule has 0 aliphatic carbocycles. The van der Waals surface area contributed by atoms with Crippen LogP contribution in [0.4, 0.5) is 5.69 Å². The van der Waals surface area contributed by atoms with Crippen molar-refractivity contribution in [1.82, 2.24) is 9.88 Å². The van der Waals surface area contributed by atoms with Crippen molar-refractivity contribution >= 4 is 16.6 Å². The molecule has 2 unspecified atom stereocenters. The van der Waals surface area contributed by atoms with Crippen LogP contribution in [0.3, 0.4) is 0 Å². The summed E-state index contributed by atoms with van der Waals surface area (Å²) in [5, 5.41) is 5.01. The lowest BCUT2D eigenvalue weighted by Gasteiger charge is -2.35. The molecule has 2 fully saturated rings. The molecule has 2 atom stereocenters. The van der Waals surface area contributed by atoms with Crippen LogP contribution in [0.1, 0.15) is 25.7 Å². The Morgan fingerprint density at radius 3 is 3.10 bits per heavy atom. The highest BCUT2D eigenvalue weighted by molar-refractivity contribution is 5.91. The fraction of sp³-hybridized carbons (Fsp3) is 0.471. The molecule has 2 aliphatic rings. The van der Waals surface area contributed by atoms with Crippen molar-refractivity contribution < 1.29 is 0 Å². The number of hydrogen-bond acceptors (Lipinski definition) is 3. The number of pyridine rings is 1. The van der Waals surface area contributed by atoms with Crippen LogP contribution < -0.4 is 5.32 Å². The maximum Gasteiger partial charge on any atom is 0.0722 e. The van der Waals surface area contributed by atoms with Crippen LogP contribution in [-0.2, 0) is 0 Å². The third-order valence-corrected chi connectivity index (χ3v) is 4.83. The molecule has 20 heavy (non-hydrogen) atoms. The fourth-order valence-corrected chi connectivity index (χ4v) is 3.80. The van der Waals surface area contributed by atoms with Crippen LogP contribution in [-0.4, -0.2) is 35.1 Å². The van der Waals surface area contributed by atoms with Crippen molar-refractivity contribution in [1.29, 1.82) is 0 Å². The Morgan fingerprint density at radius 2 is 2.10 bits per heavy atom. The third kappa shape index (κ3) is 2.16. The average molecular weight is 267 g/mol. The van der Waals surface area contributed by atoms with Crippen LogP contribution in [0.25, 0.3) is 10.9 Å². The SMILES string of the molecule is c1cc(NC2CCN3CCCC3C2)c2cccnc2c1. The number of piperidine rings is 1. The van der Waals surface area contributed by atoms with E-state index in [1.165, 1.54) is 49.8 Å². The number of nitrogens with zero attached hydrogens (tertiary/aromatic N) is 2. The first-order chi connectivity index (χ1) is 9.90. The van der Waals surface area contributed by atoms with Gasteiger partial charge in [-0.3, -0.25) is 4.98 Å². The lowest BCUT2D eigenvalue weighted by Crippen LogP contribution is -2.42. The summed E-state index contributed by atoms with van der Waals surface area (Å²) in [5.41, 5.74) is 2.32. The quantitative estimate of drug-likeness (QED) is 0.905. The minimum atomic E-state index is 0.611. The van der Waals surface area contributed by atoms with E-state index in [1.54, 1.807) is 0 Å². The molecule has 1 aromatic heterocycles. The lowest BCUT2D eigenvalue weighted by molar-refractivity contribution is 0.188. The second-order valence-electron chi connectivity index (χ2n) is 6.07. The van der Waals surface area contributed by atoms with Crippen molar-refractivity contribution in [2.45, 2.75) is 37.8 Å². The van der Waals surface area contributed by atoms with Crippen molar-refractivity contribution in [3.63, 3.8) is 0 Å². The van der Waals surface area contributed by atoms with Crippen LogP contribution in [0.5, 0.6) is 0 Å². The molecule has 2 aromatic rings. The van der Waals surface area contributed by atoms with Gasteiger partial charge in [-0.2, -0.15) is 0 Å². The molecule has 0 saturated carbocycles. The van der Waals surface area contributed by atoms with Crippen molar-refractivity contribution in [3.8, 4) is 0 Å². The van der Waals surface area contributed by atoms with Gasteiger partial charge in [0.2, 0.25) is 0 Å². The first-order valence-electron chi connectivity index (χ1n) is 7.74. The Bertz CT molecular complexity index is 605. The molecule has 2 aliphatic heterocycles. The standard InChI is InChI=1S/C17H21N3/c1-6-16-15(5-2-9-18-16)17(7-1)19-13-8-11-20-10-3-4-14(20)12-13/h1-2,5-7,9,13-14,19H,3-4,8,10-12H2. The summed E-state index contributed by atoms with van der Waals surface area (Å²) < 4.78 is 0. The molecule has 4 rings (SSSR count). The molecule has 0 bridgehead atoms. The summed E-state index contributed by atoms with van der Waals surface area (Å²) in [5.74, 6) is 0. The third-order valence-electron chi connectivity index (χ3n) is 4.83. The number of anilines is 1. The summed E-state index contributed by atoms with van der Waals surface area (Å²) in [6.07, 6.45) is 7.18. The molecule has 3 heteroatoms. The average Bonchev–Trinajstić information content (AvgIpc) is 2.95. The highest BCUT2D eigenvalue weighted by Crippen LogP contribution is 2.30. The Morgan fingerprint density at radius 1 is 1.10 bits per heavy atom. The zero-order valence-electron chi connectivity index (χ0n) is 11.8. The number of rotatable bonds is 2. The van der Waals surface area contributed by atoms with Crippen molar-refractivity contribution in [2.24, 2.45) is 0 Å². The van der Waals surface area contributed by atoms with Crippen LogP contribution in [0.2, 0.25) is 0 Å². The van der Waals surface area contributed by atoms with Gasteiger partial charge in [-0.1, -0.05) is 6.07 Å². The summed E-state index contributed by atoms with van der Waals surface area (Å²) in [4.78, 5) is 7.11. The van der Waals surface area contributed by atoms with Gasteiger partial charge in [0.15, 0.2) is 0 Å². The molecule has 0 amide bonds. The number of fused-ring (bicyclic) bond motifs is 2. The second kappa shape index (κ2) is 5.06. The Balaban J connectivity index is 1.56. The van der Waals surface area contributed by atoms with E-state index in [1.807, 2.05) is 12.3 Å².